The van der Waals surface area contributed by atoms with Gasteiger partial charge in [-0.05, 0) is 48.4 Å². The average molecular weight is 415 g/mol. The SMILES string of the molecule is CCCCOC(=O)C1=NN(c2ccc(C(=O)OC)cc2)C(c2ccc(Cl)cc2)C1. The zero-order valence-corrected chi connectivity index (χ0v) is 17.2. The minimum atomic E-state index is -0.407. The van der Waals surface area contributed by atoms with Crippen molar-refractivity contribution in [1.82, 2.24) is 0 Å². The van der Waals surface area contributed by atoms with E-state index < -0.39 is 11.9 Å². The number of anilines is 1. The van der Waals surface area contributed by atoms with Crippen molar-refractivity contribution in [3.63, 3.8) is 0 Å². The van der Waals surface area contributed by atoms with E-state index in [1.165, 1.54) is 7.11 Å². The first-order valence-electron chi connectivity index (χ1n) is 9.51. The molecule has 0 aliphatic carbocycles. The maximum Gasteiger partial charge on any atom is 0.354 e. The molecule has 6 nitrogen and oxygen atoms in total. The van der Waals surface area contributed by atoms with Crippen LogP contribution in [0.2, 0.25) is 5.02 Å². The molecule has 1 atom stereocenters. The van der Waals surface area contributed by atoms with Crippen molar-refractivity contribution in [3.8, 4) is 0 Å². The highest BCUT2D eigenvalue weighted by molar-refractivity contribution is 6.37. The smallest absolute Gasteiger partial charge is 0.354 e. The molecule has 0 amide bonds. The van der Waals surface area contributed by atoms with Crippen molar-refractivity contribution in [2.45, 2.75) is 32.2 Å². The van der Waals surface area contributed by atoms with Crippen LogP contribution in [0.25, 0.3) is 0 Å². The first-order chi connectivity index (χ1) is 14.0. The molecule has 1 aliphatic rings. The predicted molar refractivity (Wildman–Crippen MR) is 112 cm³/mol. The number of esters is 2. The molecule has 0 N–H and O–H groups in total. The minimum Gasteiger partial charge on any atom is -0.465 e. The molecule has 1 heterocycles. The van der Waals surface area contributed by atoms with E-state index in [0.717, 1.165) is 24.1 Å². The van der Waals surface area contributed by atoms with Gasteiger partial charge in [0.05, 0.1) is 31.0 Å². The van der Waals surface area contributed by atoms with Gasteiger partial charge in [0.25, 0.3) is 0 Å². The Morgan fingerprint density at radius 3 is 2.41 bits per heavy atom. The van der Waals surface area contributed by atoms with Gasteiger partial charge < -0.3 is 9.47 Å². The van der Waals surface area contributed by atoms with Gasteiger partial charge in [0.2, 0.25) is 0 Å². The number of benzene rings is 2. The number of ether oxygens (including phenoxy) is 2. The van der Waals surface area contributed by atoms with Crippen LogP contribution in [-0.2, 0) is 14.3 Å². The molecule has 29 heavy (non-hydrogen) atoms. The molecule has 1 aliphatic heterocycles. The van der Waals surface area contributed by atoms with E-state index in [2.05, 4.69) is 5.10 Å². The third-order valence-electron chi connectivity index (χ3n) is 4.68. The normalized spacial score (nSPS) is 15.8. The fourth-order valence-corrected chi connectivity index (χ4v) is 3.20. The van der Waals surface area contributed by atoms with Crippen LogP contribution in [0.15, 0.2) is 53.6 Å². The van der Waals surface area contributed by atoms with Crippen LogP contribution < -0.4 is 5.01 Å². The summed E-state index contributed by atoms with van der Waals surface area (Å²) in [7, 11) is 1.34. The minimum absolute atomic E-state index is 0.176. The monoisotopic (exact) mass is 414 g/mol. The molecule has 0 spiro atoms. The van der Waals surface area contributed by atoms with Crippen LogP contribution >= 0.6 is 11.6 Å². The molecule has 0 aromatic heterocycles. The molecule has 7 heteroatoms. The van der Waals surface area contributed by atoms with Gasteiger partial charge in [0.15, 0.2) is 0 Å². The Morgan fingerprint density at radius 2 is 1.79 bits per heavy atom. The lowest BCUT2D eigenvalue weighted by Crippen LogP contribution is -2.19. The zero-order chi connectivity index (χ0) is 20.8. The lowest BCUT2D eigenvalue weighted by Gasteiger charge is -2.24. The highest BCUT2D eigenvalue weighted by atomic mass is 35.5. The van der Waals surface area contributed by atoms with Crippen LogP contribution in [0.5, 0.6) is 0 Å². The third-order valence-corrected chi connectivity index (χ3v) is 4.94. The van der Waals surface area contributed by atoms with Crippen LogP contribution in [0.1, 0.15) is 48.1 Å². The summed E-state index contributed by atoms with van der Waals surface area (Å²) in [6.45, 7) is 2.42. The second-order valence-corrected chi connectivity index (χ2v) is 7.13. The Kier molecular flexibility index (Phi) is 6.88. The molecule has 0 radical (unpaired) electrons. The third kappa shape index (κ3) is 4.95. The van der Waals surface area contributed by atoms with Crippen LogP contribution in [-0.4, -0.2) is 31.4 Å². The van der Waals surface area contributed by atoms with Crippen molar-refractivity contribution in [2.24, 2.45) is 5.10 Å². The number of hydrogen-bond acceptors (Lipinski definition) is 6. The van der Waals surface area contributed by atoms with Gasteiger partial charge in [0, 0.05) is 11.4 Å². The fourth-order valence-electron chi connectivity index (χ4n) is 3.08. The number of nitrogens with zero attached hydrogens (tertiary/aromatic N) is 2. The number of rotatable bonds is 7. The second-order valence-electron chi connectivity index (χ2n) is 6.69. The van der Waals surface area contributed by atoms with Crippen molar-refractivity contribution in [3.05, 3.63) is 64.7 Å². The molecule has 0 saturated heterocycles. The molecule has 2 aromatic carbocycles. The first-order valence-corrected chi connectivity index (χ1v) is 9.89. The molecule has 1 unspecified atom stereocenters. The lowest BCUT2D eigenvalue weighted by atomic mass is 10.0. The quantitative estimate of drug-likeness (QED) is 0.482. The summed E-state index contributed by atoms with van der Waals surface area (Å²) in [6, 6.07) is 14.2. The summed E-state index contributed by atoms with van der Waals surface area (Å²) in [5.41, 5.74) is 2.56. The first kappa shape index (κ1) is 20.9. The maximum atomic E-state index is 12.4. The van der Waals surface area contributed by atoms with E-state index in [-0.39, 0.29) is 6.04 Å². The highest BCUT2D eigenvalue weighted by Gasteiger charge is 2.33. The Balaban J connectivity index is 1.88. The fraction of sp³-hybridized carbons (Fsp3) is 0.318. The number of halogens is 1. The van der Waals surface area contributed by atoms with Gasteiger partial charge >= 0.3 is 11.9 Å². The number of carbonyl (C=O) groups excluding carboxylic acids is 2. The van der Waals surface area contributed by atoms with Gasteiger partial charge in [0.1, 0.15) is 5.71 Å². The van der Waals surface area contributed by atoms with Crippen molar-refractivity contribution < 1.29 is 19.1 Å². The van der Waals surface area contributed by atoms with Crippen LogP contribution in [0.4, 0.5) is 5.69 Å². The topological polar surface area (TPSA) is 68.2 Å². The van der Waals surface area contributed by atoms with E-state index in [4.69, 9.17) is 21.1 Å². The van der Waals surface area contributed by atoms with Crippen molar-refractivity contribution in [1.29, 1.82) is 0 Å². The predicted octanol–water partition coefficient (Wildman–Crippen LogP) is 4.78. The Hall–Kier alpha value is -2.86. The average Bonchev–Trinajstić information content (AvgIpc) is 3.19. The molecule has 0 saturated carbocycles. The summed E-state index contributed by atoms with van der Waals surface area (Å²) in [5.74, 6) is -0.804. The number of unbranched alkanes of at least 4 members (excludes halogenated alkanes) is 1. The Bertz CT molecular complexity index is 894. The summed E-state index contributed by atoms with van der Waals surface area (Å²) >= 11 is 6.02. The highest BCUT2D eigenvalue weighted by Crippen LogP contribution is 2.36. The van der Waals surface area contributed by atoms with Gasteiger partial charge in [-0.15, -0.1) is 0 Å². The van der Waals surface area contributed by atoms with E-state index in [1.54, 1.807) is 29.3 Å². The molecule has 152 valence electrons. The number of methoxy groups -OCH3 is 1. The molecular formula is C22H23ClN2O4. The molecule has 2 aromatic rings. The lowest BCUT2D eigenvalue weighted by molar-refractivity contribution is -0.135. The van der Waals surface area contributed by atoms with Crippen LogP contribution in [0, 0.1) is 0 Å². The zero-order valence-electron chi connectivity index (χ0n) is 16.4. The molecule has 0 fully saturated rings. The largest absolute Gasteiger partial charge is 0.465 e. The number of hydrogen-bond donors (Lipinski definition) is 0. The van der Waals surface area contributed by atoms with Gasteiger partial charge in [-0.2, -0.15) is 5.10 Å². The van der Waals surface area contributed by atoms with E-state index in [0.29, 0.717) is 29.3 Å². The van der Waals surface area contributed by atoms with Gasteiger partial charge in [-0.25, -0.2) is 9.59 Å². The summed E-state index contributed by atoms with van der Waals surface area (Å²) < 4.78 is 10.1. The van der Waals surface area contributed by atoms with Crippen molar-refractivity contribution >= 4 is 34.9 Å². The Morgan fingerprint density at radius 1 is 1.10 bits per heavy atom. The number of hydrazone groups is 1. The molecule has 3 rings (SSSR count). The van der Waals surface area contributed by atoms with E-state index in [9.17, 15) is 9.59 Å². The van der Waals surface area contributed by atoms with Crippen molar-refractivity contribution in [2.75, 3.05) is 18.7 Å². The van der Waals surface area contributed by atoms with E-state index in [1.807, 2.05) is 31.2 Å². The summed E-state index contributed by atoms with van der Waals surface area (Å²) in [4.78, 5) is 24.1. The standard InChI is InChI=1S/C22H23ClN2O4/c1-3-4-13-29-22(27)19-14-20(15-5-9-17(23)10-6-15)25(24-19)18-11-7-16(8-12-18)21(26)28-2/h5-12,20H,3-4,13-14H2,1-2H3. The maximum absolute atomic E-state index is 12.4. The summed E-state index contributed by atoms with van der Waals surface area (Å²) in [6.07, 6.45) is 2.19. The summed E-state index contributed by atoms with van der Waals surface area (Å²) in [5, 5.41) is 6.96. The van der Waals surface area contributed by atoms with Gasteiger partial charge in [-0.1, -0.05) is 37.1 Å². The molecular weight excluding hydrogens is 392 g/mol. The number of carbonyl (C=O) groups is 2. The van der Waals surface area contributed by atoms with Gasteiger partial charge in [-0.3, -0.25) is 5.01 Å². The van der Waals surface area contributed by atoms with E-state index >= 15 is 0 Å². The molecule has 0 bridgehead atoms. The Labute approximate surface area is 175 Å². The van der Waals surface area contributed by atoms with Crippen LogP contribution in [0.3, 0.4) is 0 Å². The second kappa shape index (κ2) is 9.56.